The molecule has 55 heavy (non-hydrogen) atoms. The van der Waals surface area contributed by atoms with Crippen LogP contribution in [0.15, 0.2) is 237 Å². The molecule has 0 heterocycles. The average molecular weight is 702 g/mol. The lowest BCUT2D eigenvalue weighted by Crippen LogP contribution is -2.12. The second-order valence-corrected chi connectivity index (χ2v) is 13.7. The van der Waals surface area contributed by atoms with Crippen molar-refractivity contribution in [3.8, 4) is 66.8 Å². The van der Waals surface area contributed by atoms with Crippen LogP contribution in [0.2, 0.25) is 0 Å². The fourth-order valence-corrected chi connectivity index (χ4v) is 7.59. The van der Waals surface area contributed by atoms with E-state index in [1.807, 2.05) is 0 Å². The van der Waals surface area contributed by atoms with Gasteiger partial charge in [-0.25, -0.2) is 0 Å². The van der Waals surface area contributed by atoms with Crippen molar-refractivity contribution in [1.29, 1.82) is 0 Å². The molecule has 0 aromatic heterocycles. The number of rotatable bonds is 9. The normalized spacial score (nSPS) is 10.9. The van der Waals surface area contributed by atoms with Gasteiger partial charge in [-0.2, -0.15) is 0 Å². The summed E-state index contributed by atoms with van der Waals surface area (Å²) >= 11 is 0. The van der Waals surface area contributed by atoms with E-state index in [0.717, 1.165) is 17.1 Å². The van der Waals surface area contributed by atoms with Crippen LogP contribution in [0.5, 0.6) is 0 Å². The molecule has 9 aromatic carbocycles. The molecule has 0 radical (unpaired) electrons. The minimum atomic E-state index is 1.08. The van der Waals surface area contributed by atoms with Crippen LogP contribution in [-0.4, -0.2) is 0 Å². The summed E-state index contributed by atoms with van der Waals surface area (Å²) in [4.78, 5) is 2.42. The Hall–Kier alpha value is -7.22. The van der Waals surface area contributed by atoms with Crippen LogP contribution >= 0.6 is 0 Å². The lowest BCUT2D eigenvalue weighted by Gasteiger charge is -2.30. The van der Waals surface area contributed by atoms with E-state index in [1.165, 1.54) is 66.8 Å². The summed E-state index contributed by atoms with van der Waals surface area (Å²) in [5.74, 6) is 0. The van der Waals surface area contributed by atoms with E-state index in [0.29, 0.717) is 0 Å². The first-order chi connectivity index (χ1) is 27.3. The van der Waals surface area contributed by atoms with E-state index in [9.17, 15) is 0 Å². The van der Waals surface area contributed by atoms with E-state index < -0.39 is 0 Å². The van der Waals surface area contributed by atoms with Crippen molar-refractivity contribution in [2.24, 2.45) is 0 Å². The first kappa shape index (κ1) is 33.6. The monoisotopic (exact) mass is 701 g/mol. The highest BCUT2D eigenvalue weighted by Gasteiger charge is 2.23. The van der Waals surface area contributed by atoms with Gasteiger partial charge >= 0.3 is 0 Å². The zero-order chi connectivity index (χ0) is 36.8. The molecule has 0 unspecified atom stereocenters. The maximum Gasteiger partial charge on any atom is 0.0546 e. The van der Waals surface area contributed by atoms with Gasteiger partial charge in [0.25, 0.3) is 0 Å². The lowest BCUT2D eigenvalue weighted by molar-refractivity contribution is 1.28. The van der Waals surface area contributed by atoms with Crippen molar-refractivity contribution in [1.82, 2.24) is 0 Å². The van der Waals surface area contributed by atoms with Crippen LogP contribution in [0, 0.1) is 0 Å². The molecule has 260 valence electrons. The molecular weight excluding hydrogens is 663 g/mol. The van der Waals surface area contributed by atoms with Crippen LogP contribution in [0.25, 0.3) is 66.8 Å². The van der Waals surface area contributed by atoms with Gasteiger partial charge in [0.05, 0.1) is 5.69 Å². The van der Waals surface area contributed by atoms with E-state index in [1.54, 1.807) is 0 Å². The molecule has 0 saturated carbocycles. The first-order valence-electron chi connectivity index (χ1n) is 18.8. The maximum absolute atomic E-state index is 2.42. The first-order valence-corrected chi connectivity index (χ1v) is 18.8. The van der Waals surface area contributed by atoms with Crippen LogP contribution in [-0.2, 0) is 0 Å². The second kappa shape index (κ2) is 15.4. The highest BCUT2D eigenvalue weighted by molar-refractivity contribution is 6.01. The summed E-state index contributed by atoms with van der Waals surface area (Å²) in [5, 5.41) is 0. The largest absolute Gasteiger partial charge is 0.310 e. The molecule has 1 nitrogen and oxygen atoms in total. The van der Waals surface area contributed by atoms with Gasteiger partial charge in [0.15, 0.2) is 0 Å². The zero-order valence-electron chi connectivity index (χ0n) is 30.5. The van der Waals surface area contributed by atoms with E-state index in [4.69, 9.17) is 0 Å². The van der Waals surface area contributed by atoms with Gasteiger partial charge in [0.2, 0.25) is 0 Å². The molecule has 0 spiro atoms. The average Bonchev–Trinajstić information content (AvgIpc) is 3.28. The van der Waals surface area contributed by atoms with Gasteiger partial charge in [-0.05, 0) is 91.5 Å². The zero-order valence-corrected chi connectivity index (χ0v) is 30.5. The Morgan fingerprint density at radius 2 is 0.509 bits per heavy atom. The molecule has 0 amide bonds. The van der Waals surface area contributed by atoms with Crippen LogP contribution in [0.3, 0.4) is 0 Å². The van der Waals surface area contributed by atoms with Crippen molar-refractivity contribution >= 4 is 17.1 Å². The fraction of sp³-hybridized carbons (Fsp3) is 0. The summed E-state index contributed by atoms with van der Waals surface area (Å²) in [6.45, 7) is 0. The molecule has 0 aliphatic heterocycles. The van der Waals surface area contributed by atoms with Crippen LogP contribution in [0.1, 0.15) is 0 Å². The molecule has 0 N–H and O–H groups in total. The third kappa shape index (κ3) is 7.00. The highest BCUT2D eigenvalue weighted by atomic mass is 15.1. The molecule has 0 fully saturated rings. The summed E-state index contributed by atoms with van der Waals surface area (Å²) < 4.78 is 0. The van der Waals surface area contributed by atoms with Crippen molar-refractivity contribution in [2.45, 2.75) is 0 Å². The Morgan fingerprint density at radius 1 is 0.200 bits per heavy atom. The van der Waals surface area contributed by atoms with Gasteiger partial charge in [0.1, 0.15) is 0 Å². The smallest absolute Gasteiger partial charge is 0.0546 e. The van der Waals surface area contributed by atoms with Crippen molar-refractivity contribution in [3.63, 3.8) is 0 Å². The number of nitrogens with zero attached hydrogens (tertiary/aromatic N) is 1. The Kier molecular flexibility index (Phi) is 9.41. The minimum Gasteiger partial charge on any atom is -0.310 e. The van der Waals surface area contributed by atoms with Crippen molar-refractivity contribution in [2.75, 3.05) is 4.90 Å². The SMILES string of the molecule is c1ccc(-c2ccc(-c3ccc(N(c4ccc(-c5ccccc5)cc4)c4cccc(-c5ccccc5)c4-c4ccccc4-c4ccccc4)cc3)cc2)cc1. The Balaban J connectivity index is 1.22. The quantitative estimate of drug-likeness (QED) is 0.145. The predicted molar refractivity (Wildman–Crippen MR) is 234 cm³/mol. The second-order valence-electron chi connectivity index (χ2n) is 13.7. The van der Waals surface area contributed by atoms with Gasteiger partial charge in [-0.3, -0.25) is 0 Å². The van der Waals surface area contributed by atoms with Gasteiger partial charge in [-0.1, -0.05) is 206 Å². The van der Waals surface area contributed by atoms with Gasteiger partial charge in [-0.15, -0.1) is 0 Å². The Labute approximate surface area is 324 Å². The summed E-state index contributed by atoms with van der Waals surface area (Å²) in [6, 6.07) is 85.0. The number of benzene rings is 9. The number of hydrogen-bond donors (Lipinski definition) is 0. The molecule has 9 rings (SSSR count). The van der Waals surface area contributed by atoms with E-state index in [2.05, 4.69) is 241 Å². The number of hydrogen-bond acceptors (Lipinski definition) is 1. The van der Waals surface area contributed by atoms with E-state index in [-0.39, 0.29) is 0 Å². The number of anilines is 3. The fourth-order valence-electron chi connectivity index (χ4n) is 7.59. The molecular formula is C54H39N. The van der Waals surface area contributed by atoms with Crippen LogP contribution in [0.4, 0.5) is 17.1 Å². The van der Waals surface area contributed by atoms with Crippen molar-refractivity contribution < 1.29 is 0 Å². The predicted octanol–water partition coefficient (Wildman–Crippen LogP) is 15.2. The van der Waals surface area contributed by atoms with E-state index >= 15 is 0 Å². The summed E-state index contributed by atoms with van der Waals surface area (Å²) in [7, 11) is 0. The molecule has 9 aromatic rings. The molecule has 0 aliphatic rings. The molecule has 0 aliphatic carbocycles. The molecule has 0 saturated heterocycles. The van der Waals surface area contributed by atoms with Crippen LogP contribution < -0.4 is 4.90 Å². The summed E-state index contributed by atoms with van der Waals surface area (Å²) in [6.07, 6.45) is 0. The third-order valence-corrected chi connectivity index (χ3v) is 10.3. The Bertz CT molecular complexity index is 2630. The van der Waals surface area contributed by atoms with Crippen molar-refractivity contribution in [3.05, 3.63) is 237 Å². The third-order valence-electron chi connectivity index (χ3n) is 10.3. The summed E-state index contributed by atoms with van der Waals surface area (Å²) in [5.41, 5.74) is 17.6. The topological polar surface area (TPSA) is 3.24 Å². The minimum absolute atomic E-state index is 1.08. The lowest BCUT2D eigenvalue weighted by atomic mass is 9.87. The van der Waals surface area contributed by atoms with Gasteiger partial charge < -0.3 is 4.90 Å². The molecule has 1 heteroatoms. The molecule has 0 bridgehead atoms. The maximum atomic E-state index is 2.42. The standard InChI is InChI=1S/C54H39N/c1-5-16-40(17-6-1)42-28-30-43(31-29-42)45-34-38-49(39-35-45)55(48-36-32-44(33-37-48)41-18-7-2-8-19-41)53-27-15-26-51(47-22-11-4-12-23-47)54(53)52-25-14-13-24-50(52)46-20-9-3-10-21-46/h1-39H. The highest BCUT2D eigenvalue weighted by Crippen LogP contribution is 2.48. The molecule has 0 atom stereocenters. The Morgan fingerprint density at radius 3 is 0.945 bits per heavy atom. The van der Waals surface area contributed by atoms with Gasteiger partial charge in [0, 0.05) is 16.9 Å².